The van der Waals surface area contributed by atoms with Crippen molar-refractivity contribution in [1.29, 1.82) is 0 Å². The van der Waals surface area contributed by atoms with Crippen molar-refractivity contribution >= 4 is 11.8 Å². The number of ether oxygens (including phenoxy) is 1. The number of aryl methyl sites for hydroxylation is 2. The zero-order valence-corrected chi connectivity index (χ0v) is 11.9. The van der Waals surface area contributed by atoms with Gasteiger partial charge in [0.05, 0.1) is 6.61 Å². The summed E-state index contributed by atoms with van der Waals surface area (Å²) in [4.78, 5) is 11.3. The molecule has 0 aliphatic rings. The number of nitrogens with one attached hydrogen (secondary N) is 1. The summed E-state index contributed by atoms with van der Waals surface area (Å²) >= 11 is 0. The van der Waals surface area contributed by atoms with E-state index in [1.807, 2.05) is 24.3 Å². The van der Waals surface area contributed by atoms with Crippen molar-refractivity contribution in [2.24, 2.45) is 0 Å². The largest absolute Gasteiger partial charge is 0.450 e. The highest BCUT2D eigenvalue weighted by atomic mass is 19.1. The van der Waals surface area contributed by atoms with Crippen LogP contribution in [-0.2, 0) is 17.6 Å². The molecule has 1 N–H and O–H groups in total. The third kappa shape index (κ3) is 4.91. The van der Waals surface area contributed by atoms with E-state index >= 15 is 0 Å². The van der Waals surface area contributed by atoms with Gasteiger partial charge in [0.2, 0.25) is 0 Å². The average molecular weight is 287 g/mol. The summed E-state index contributed by atoms with van der Waals surface area (Å²) in [5, 5.41) is 2.65. The molecule has 2 rings (SSSR count). The van der Waals surface area contributed by atoms with E-state index in [1.54, 1.807) is 19.1 Å². The summed E-state index contributed by atoms with van der Waals surface area (Å²) in [6, 6.07) is 14.2. The summed E-state index contributed by atoms with van der Waals surface area (Å²) in [6.45, 7) is 2.11. The van der Waals surface area contributed by atoms with Crippen molar-refractivity contribution in [3.8, 4) is 0 Å². The van der Waals surface area contributed by atoms with Crippen LogP contribution in [0, 0.1) is 5.82 Å². The van der Waals surface area contributed by atoms with Gasteiger partial charge in [-0.15, -0.1) is 0 Å². The molecule has 0 heterocycles. The van der Waals surface area contributed by atoms with Crippen LogP contribution in [0.4, 0.5) is 14.9 Å². The summed E-state index contributed by atoms with van der Waals surface area (Å²) in [5.41, 5.74) is 2.97. The lowest BCUT2D eigenvalue weighted by atomic mass is 10.0. The molecule has 0 bridgehead atoms. The molecule has 0 fully saturated rings. The Hall–Kier alpha value is -2.36. The topological polar surface area (TPSA) is 38.3 Å². The highest BCUT2D eigenvalue weighted by Crippen LogP contribution is 2.13. The van der Waals surface area contributed by atoms with Gasteiger partial charge in [0.1, 0.15) is 5.82 Å². The van der Waals surface area contributed by atoms with Crippen LogP contribution in [-0.4, -0.2) is 12.7 Å². The third-order valence-electron chi connectivity index (χ3n) is 3.09. The maximum atomic E-state index is 12.8. The molecule has 2 aromatic rings. The van der Waals surface area contributed by atoms with Gasteiger partial charge >= 0.3 is 6.09 Å². The molecular weight excluding hydrogens is 269 g/mol. The van der Waals surface area contributed by atoms with E-state index in [9.17, 15) is 9.18 Å². The highest BCUT2D eigenvalue weighted by molar-refractivity contribution is 5.84. The number of hydrogen-bond acceptors (Lipinski definition) is 2. The second-order valence-electron chi connectivity index (χ2n) is 4.67. The van der Waals surface area contributed by atoms with Crippen LogP contribution in [0.2, 0.25) is 0 Å². The first-order valence-electron chi connectivity index (χ1n) is 6.94. The Morgan fingerprint density at radius 1 is 1.00 bits per heavy atom. The van der Waals surface area contributed by atoms with Gasteiger partial charge in [0.15, 0.2) is 0 Å². The molecule has 0 aliphatic heterocycles. The Balaban J connectivity index is 1.87. The van der Waals surface area contributed by atoms with E-state index in [4.69, 9.17) is 4.74 Å². The minimum absolute atomic E-state index is 0.215. The smallest absolute Gasteiger partial charge is 0.411 e. The number of carbonyl (C=O) groups excluding carboxylic acids is 1. The molecule has 0 aromatic heterocycles. The number of halogens is 1. The lowest BCUT2D eigenvalue weighted by molar-refractivity contribution is 0.168. The molecule has 2 aromatic carbocycles. The maximum absolute atomic E-state index is 12.8. The quantitative estimate of drug-likeness (QED) is 0.896. The van der Waals surface area contributed by atoms with E-state index < -0.39 is 6.09 Å². The first kappa shape index (κ1) is 15.0. The molecule has 0 spiro atoms. The summed E-state index contributed by atoms with van der Waals surface area (Å²) in [7, 11) is 0. The monoisotopic (exact) mass is 287 g/mol. The van der Waals surface area contributed by atoms with Gasteiger partial charge in [-0.1, -0.05) is 24.3 Å². The molecular formula is C17H18FNO2. The SMILES string of the molecule is CCOC(=O)Nc1ccc(CCc2ccc(F)cc2)cc1. The van der Waals surface area contributed by atoms with E-state index in [2.05, 4.69) is 5.32 Å². The zero-order valence-electron chi connectivity index (χ0n) is 11.9. The molecule has 0 aliphatic carbocycles. The van der Waals surface area contributed by atoms with Crippen LogP contribution < -0.4 is 5.32 Å². The van der Waals surface area contributed by atoms with Crippen LogP contribution in [0.3, 0.4) is 0 Å². The van der Waals surface area contributed by atoms with Crippen molar-refractivity contribution in [1.82, 2.24) is 0 Å². The molecule has 110 valence electrons. The van der Waals surface area contributed by atoms with Crippen LogP contribution in [0.15, 0.2) is 48.5 Å². The van der Waals surface area contributed by atoms with Gasteiger partial charge in [-0.25, -0.2) is 9.18 Å². The van der Waals surface area contributed by atoms with Crippen LogP contribution in [0.1, 0.15) is 18.1 Å². The van der Waals surface area contributed by atoms with Gasteiger partial charge in [0.25, 0.3) is 0 Å². The number of benzene rings is 2. The van der Waals surface area contributed by atoms with E-state index in [-0.39, 0.29) is 5.82 Å². The molecule has 21 heavy (non-hydrogen) atoms. The highest BCUT2D eigenvalue weighted by Gasteiger charge is 2.02. The zero-order chi connectivity index (χ0) is 15.1. The van der Waals surface area contributed by atoms with E-state index in [0.29, 0.717) is 12.3 Å². The maximum Gasteiger partial charge on any atom is 0.411 e. The van der Waals surface area contributed by atoms with Crippen LogP contribution >= 0.6 is 0 Å². The second kappa shape index (κ2) is 7.43. The molecule has 4 heteroatoms. The van der Waals surface area contributed by atoms with Crippen molar-refractivity contribution < 1.29 is 13.9 Å². The molecule has 0 saturated heterocycles. The van der Waals surface area contributed by atoms with Gasteiger partial charge in [-0.2, -0.15) is 0 Å². The van der Waals surface area contributed by atoms with E-state index in [0.717, 1.165) is 24.0 Å². The minimum atomic E-state index is -0.448. The fraction of sp³-hybridized carbons (Fsp3) is 0.235. The second-order valence-corrected chi connectivity index (χ2v) is 4.67. The van der Waals surface area contributed by atoms with Gasteiger partial charge in [0, 0.05) is 5.69 Å². The Morgan fingerprint density at radius 2 is 1.52 bits per heavy atom. The summed E-state index contributed by atoms with van der Waals surface area (Å²) in [6.07, 6.45) is 1.27. The Bertz CT molecular complexity index is 579. The number of carbonyl (C=O) groups is 1. The Labute approximate surface area is 123 Å². The molecule has 0 radical (unpaired) electrons. The van der Waals surface area contributed by atoms with Gasteiger partial charge < -0.3 is 4.74 Å². The first-order chi connectivity index (χ1) is 10.2. The fourth-order valence-corrected chi connectivity index (χ4v) is 1.98. The predicted molar refractivity (Wildman–Crippen MR) is 80.9 cm³/mol. The van der Waals surface area contributed by atoms with Crippen molar-refractivity contribution in [2.45, 2.75) is 19.8 Å². The normalized spacial score (nSPS) is 10.2. The summed E-state index contributed by atoms with van der Waals surface area (Å²) < 4.78 is 17.6. The number of hydrogen-bond donors (Lipinski definition) is 1. The summed E-state index contributed by atoms with van der Waals surface area (Å²) in [5.74, 6) is -0.215. The van der Waals surface area contributed by atoms with Crippen molar-refractivity contribution in [2.75, 3.05) is 11.9 Å². The lowest BCUT2D eigenvalue weighted by Gasteiger charge is -2.06. The predicted octanol–water partition coefficient (Wildman–Crippen LogP) is 4.18. The Morgan fingerprint density at radius 3 is 2.05 bits per heavy atom. The standard InChI is InChI=1S/C17H18FNO2/c1-2-21-17(20)19-16-11-7-14(8-12-16)4-3-13-5-9-15(18)10-6-13/h5-12H,2-4H2,1H3,(H,19,20). The van der Waals surface area contributed by atoms with Gasteiger partial charge in [-0.05, 0) is 55.2 Å². The molecule has 0 unspecified atom stereocenters. The first-order valence-corrected chi connectivity index (χ1v) is 6.94. The third-order valence-corrected chi connectivity index (χ3v) is 3.09. The number of amides is 1. The van der Waals surface area contributed by atoms with Gasteiger partial charge in [-0.3, -0.25) is 5.32 Å². The molecule has 0 saturated carbocycles. The minimum Gasteiger partial charge on any atom is -0.450 e. The Kier molecular flexibility index (Phi) is 5.32. The van der Waals surface area contributed by atoms with E-state index in [1.165, 1.54) is 12.1 Å². The number of rotatable bonds is 5. The van der Waals surface area contributed by atoms with Crippen LogP contribution in [0.25, 0.3) is 0 Å². The lowest BCUT2D eigenvalue weighted by Crippen LogP contribution is -2.13. The van der Waals surface area contributed by atoms with Crippen molar-refractivity contribution in [3.63, 3.8) is 0 Å². The molecule has 3 nitrogen and oxygen atoms in total. The fourth-order valence-electron chi connectivity index (χ4n) is 1.98. The number of anilines is 1. The van der Waals surface area contributed by atoms with Crippen LogP contribution in [0.5, 0.6) is 0 Å². The van der Waals surface area contributed by atoms with Crippen molar-refractivity contribution in [3.05, 3.63) is 65.5 Å². The molecule has 0 atom stereocenters. The average Bonchev–Trinajstić information content (AvgIpc) is 2.48. The molecule has 1 amide bonds.